The number of nitrogen functional groups attached to an aromatic ring is 1. The molecule has 0 atom stereocenters. The molecule has 1 aromatic heterocycles. The highest BCUT2D eigenvalue weighted by molar-refractivity contribution is 5.97. The second-order valence-corrected chi connectivity index (χ2v) is 5.31. The van der Waals surface area contributed by atoms with Crippen LogP contribution in [0.15, 0.2) is 0 Å². The fourth-order valence-corrected chi connectivity index (χ4v) is 2.07. The van der Waals surface area contributed by atoms with Crippen LogP contribution in [0.5, 0.6) is 0 Å². The molecule has 6 nitrogen and oxygen atoms in total. The summed E-state index contributed by atoms with van der Waals surface area (Å²) in [6.45, 7) is 4.21. The number of aliphatic hydroxyl groups is 1. The summed E-state index contributed by atoms with van der Waals surface area (Å²) in [4.78, 5) is 11.9. The second kappa shape index (κ2) is 4.61. The van der Waals surface area contributed by atoms with E-state index in [1.54, 1.807) is 0 Å². The molecule has 1 aliphatic carbocycles. The standard InChI is InChI=1S/C12H20N4O2/c1-7(2)9-8(13)10(16-15-9)11(17)14-6-12(18)4-3-5-12/h7,18H,3-6,13H2,1-2H3,(H,14,17)(H,15,16). The number of nitrogens with zero attached hydrogens (tertiary/aromatic N) is 1. The van der Waals surface area contributed by atoms with Gasteiger partial charge in [0.15, 0.2) is 5.69 Å². The summed E-state index contributed by atoms with van der Waals surface area (Å²) < 4.78 is 0. The van der Waals surface area contributed by atoms with Crippen LogP contribution in [-0.4, -0.2) is 33.4 Å². The second-order valence-electron chi connectivity index (χ2n) is 5.31. The van der Waals surface area contributed by atoms with Gasteiger partial charge in [0.1, 0.15) is 0 Å². The highest BCUT2D eigenvalue weighted by Gasteiger charge is 2.35. The van der Waals surface area contributed by atoms with Crippen molar-refractivity contribution in [2.75, 3.05) is 12.3 Å². The first-order valence-corrected chi connectivity index (χ1v) is 6.27. The Labute approximate surface area is 106 Å². The fourth-order valence-electron chi connectivity index (χ4n) is 2.07. The molecule has 1 fully saturated rings. The van der Waals surface area contributed by atoms with Crippen molar-refractivity contribution in [2.24, 2.45) is 0 Å². The Morgan fingerprint density at radius 2 is 2.28 bits per heavy atom. The Hall–Kier alpha value is -1.56. The number of rotatable bonds is 4. The number of hydrogen-bond donors (Lipinski definition) is 4. The number of carbonyl (C=O) groups is 1. The molecular formula is C12H20N4O2. The van der Waals surface area contributed by atoms with Crippen LogP contribution in [0.25, 0.3) is 0 Å². The number of anilines is 1. The zero-order valence-electron chi connectivity index (χ0n) is 10.8. The number of aromatic amines is 1. The zero-order valence-corrected chi connectivity index (χ0v) is 10.8. The largest absolute Gasteiger partial charge is 0.395 e. The molecule has 1 saturated carbocycles. The monoisotopic (exact) mass is 252 g/mol. The van der Waals surface area contributed by atoms with Gasteiger partial charge < -0.3 is 16.2 Å². The normalized spacial score (nSPS) is 17.6. The fraction of sp³-hybridized carbons (Fsp3) is 0.667. The van der Waals surface area contributed by atoms with Gasteiger partial charge in [-0.05, 0) is 25.2 Å². The van der Waals surface area contributed by atoms with Crippen LogP contribution in [0.4, 0.5) is 5.69 Å². The first-order valence-electron chi connectivity index (χ1n) is 6.27. The highest BCUT2D eigenvalue weighted by atomic mass is 16.3. The smallest absolute Gasteiger partial charge is 0.274 e. The van der Waals surface area contributed by atoms with Crippen molar-refractivity contribution < 1.29 is 9.90 Å². The quantitative estimate of drug-likeness (QED) is 0.635. The van der Waals surface area contributed by atoms with E-state index in [0.29, 0.717) is 5.69 Å². The number of aromatic nitrogens is 2. The van der Waals surface area contributed by atoms with E-state index in [2.05, 4.69) is 15.5 Å². The van der Waals surface area contributed by atoms with Crippen molar-refractivity contribution in [2.45, 2.75) is 44.6 Å². The Morgan fingerprint density at radius 1 is 1.61 bits per heavy atom. The molecule has 1 heterocycles. The molecule has 1 aromatic rings. The third kappa shape index (κ3) is 2.33. The van der Waals surface area contributed by atoms with Crippen LogP contribution in [0.1, 0.15) is 55.2 Å². The van der Waals surface area contributed by atoms with Crippen LogP contribution in [0.2, 0.25) is 0 Å². The highest BCUT2D eigenvalue weighted by Crippen LogP contribution is 2.30. The van der Waals surface area contributed by atoms with Gasteiger partial charge >= 0.3 is 0 Å². The number of nitrogens with two attached hydrogens (primary N) is 1. The SMILES string of the molecule is CC(C)c1[nH]nc(C(=O)NCC2(O)CCC2)c1N. The zero-order chi connectivity index (χ0) is 13.3. The van der Waals surface area contributed by atoms with Crippen molar-refractivity contribution in [3.63, 3.8) is 0 Å². The van der Waals surface area contributed by atoms with Gasteiger partial charge in [-0.2, -0.15) is 5.10 Å². The van der Waals surface area contributed by atoms with Gasteiger partial charge in [-0.15, -0.1) is 0 Å². The lowest BCUT2D eigenvalue weighted by molar-refractivity contribution is -0.0300. The molecule has 1 aliphatic rings. The van der Waals surface area contributed by atoms with Gasteiger partial charge in [-0.1, -0.05) is 13.8 Å². The summed E-state index contributed by atoms with van der Waals surface area (Å²) in [5.41, 5.74) is 6.51. The first-order chi connectivity index (χ1) is 8.43. The van der Waals surface area contributed by atoms with Crippen molar-refractivity contribution in [1.29, 1.82) is 0 Å². The van der Waals surface area contributed by atoms with Crippen LogP contribution in [0, 0.1) is 0 Å². The van der Waals surface area contributed by atoms with E-state index >= 15 is 0 Å². The molecule has 2 rings (SSSR count). The van der Waals surface area contributed by atoms with E-state index < -0.39 is 5.60 Å². The minimum absolute atomic E-state index is 0.190. The molecule has 1 amide bonds. The molecule has 0 aromatic carbocycles. The van der Waals surface area contributed by atoms with Crippen LogP contribution in [-0.2, 0) is 0 Å². The first kappa shape index (κ1) is 12.9. The number of nitrogens with one attached hydrogen (secondary N) is 2. The van der Waals surface area contributed by atoms with Crippen LogP contribution < -0.4 is 11.1 Å². The summed E-state index contributed by atoms with van der Waals surface area (Å²) in [6.07, 6.45) is 2.48. The summed E-state index contributed by atoms with van der Waals surface area (Å²) in [5.74, 6) is -0.147. The van der Waals surface area contributed by atoms with E-state index in [1.807, 2.05) is 13.8 Å². The molecule has 0 radical (unpaired) electrons. The Bertz CT molecular complexity index is 449. The Balaban J connectivity index is 2.00. The molecule has 0 spiro atoms. The average Bonchev–Trinajstić information content (AvgIpc) is 2.65. The van der Waals surface area contributed by atoms with E-state index in [0.717, 1.165) is 25.0 Å². The average molecular weight is 252 g/mol. The Morgan fingerprint density at radius 3 is 2.72 bits per heavy atom. The molecule has 18 heavy (non-hydrogen) atoms. The lowest BCUT2D eigenvalue weighted by Gasteiger charge is -2.36. The molecular weight excluding hydrogens is 232 g/mol. The molecule has 0 saturated heterocycles. The van der Waals surface area contributed by atoms with Gasteiger partial charge in [0, 0.05) is 6.54 Å². The summed E-state index contributed by atoms with van der Waals surface area (Å²) in [6, 6.07) is 0. The van der Waals surface area contributed by atoms with Crippen molar-refractivity contribution in [1.82, 2.24) is 15.5 Å². The number of amides is 1. The van der Waals surface area contributed by atoms with Gasteiger partial charge in [-0.3, -0.25) is 9.89 Å². The molecule has 0 aliphatic heterocycles. The molecule has 5 N–H and O–H groups in total. The molecule has 0 bridgehead atoms. The number of H-pyrrole nitrogens is 1. The third-order valence-electron chi connectivity index (χ3n) is 3.49. The molecule has 0 unspecified atom stereocenters. The van der Waals surface area contributed by atoms with Crippen molar-refractivity contribution in [3.8, 4) is 0 Å². The van der Waals surface area contributed by atoms with E-state index in [1.165, 1.54) is 0 Å². The van der Waals surface area contributed by atoms with E-state index in [4.69, 9.17) is 5.73 Å². The van der Waals surface area contributed by atoms with E-state index in [9.17, 15) is 9.90 Å². The van der Waals surface area contributed by atoms with Gasteiger partial charge in [0.2, 0.25) is 0 Å². The Kier molecular flexibility index (Phi) is 3.30. The topological polar surface area (TPSA) is 104 Å². The lowest BCUT2D eigenvalue weighted by atomic mass is 9.80. The van der Waals surface area contributed by atoms with Crippen LogP contribution >= 0.6 is 0 Å². The van der Waals surface area contributed by atoms with Gasteiger partial charge in [0.05, 0.1) is 17.0 Å². The molecule has 100 valence electrons. The number of hydrogen-bond acceptors (Lipinski definition) is 4. The number of carbonyl (C=O) groups excluding carboxylic acids is 1. The maximum absolute atomic E-state index is 11.9. The maximum Gasteiger partial charge on any atom is 0.274 e. The van der Waals surface area contributed by atoms with Crippen molar-refractivity contribution in [3.05, 3.63) is 11.4 Å². The lowest BCUT2D eigenvalue weighted by Crippen LogP contribution is -2.47. The van der Waals surface area contributed by atoms with Crippen LogP contribution in [0.3, 0.4) is 0 Å². The molecule has 6 heteroatoms. The maximum atomic E-state index is 11.9. The van der Waals surface area contributed by atoms with Gasteiger partial charge in [-0.25, -0.2) is 0 Å². The van der Waals surface area contributed by atoms with E-state index in [-0.39, 0.29) is 24.1 Å². The summed E-state index contributed by atoms with van der Waals surface area (Å²) >= 11 is 0. The third-order valence-corrected chi connectivity index (χ3v) is 3.49. The summed E-state index contributed by atoms with van der Waals surface area (Å²) in [7, 11) is 0. The summed E-state index contributed by atoms with van der Waals surface area (Å²) in [5, 5.41) is 19.3. The van der Waals surface area contributed by atoms with Crippen molar-refractivity contribution >= 4 is 11.6 Å². The minimum Gasteiger partial charge on any atom is -0.395 e. The minimum atomic E-state index is -0.735. The predicted molar refractivity (Wildman–Crippen MR) is 68.2 cm³/mol. The van der Waals surface area contributed by atoms with Gasteiger partial charge in [0.25, 0.3) is 5.91 Å². The predicted octanol–water partition coefficient (Wildman–Crippen LogP) is 0.760.